The lowest BCUT2D eigenvalue weighted by Crippen LogP contribution is -2.16. The third-order valence-electron chi connectivity index (χ3n) is 2.44. The number of benzene rings is 1. The van der Waals surface area contributed by atoms with Crippen LogP contribution in [0.15, 0.2) is 41.8 Å². The van der Waals surface area contributed by atoms with E-state index in [0.717, 1.165) is 5.56 Å². The molecule has 5 nitrogen and oxygen atoms in total. The van der Waals surface area contributed by atoms with Gasteiger partial charge in [-0.15, -0.1) is 0 Å². The van der Waals surface area contributed by atoms with Gasteiger partial charge in [0.1, 0.15) is 0 Å². The van der Waals surface area contributed by atoms with Crippen molar-refractivity contribution in [2.24, 2.45) is 0 Å². The summed E-state index contributed by atoms with van der Waals surface area (Å²) in [5.74, 6) is 0.121. The van der Waals surface area contributed by atoms with Gasteiger partial charge in [0.15, 0.2) is 5.16 Å². The van der Waals surface area contributed by atoms with E-state index in [4.69, 9.17) is 5.73 Å². The summed E-state index contributed by atoms with van der Waals surface area (Å²) in [6.07, 6.45) is 3.29. The minimum atomic E-state index is -0.126. The van der Waals surface area contributed by atoms with Gasteiger partial charge in [0.05, 0.1) is 17.1 Å². The fourth-order valence-electron chi connectivity index (χ4n) is 1.53. The molecule has 0 unspecified atom stereocenters. The zero-order chi connectivity index (χ0) is 13.7. The Morgan fingerprint density at radius 2 is 2.05 bits per heavy atom. The van der Waals surface area contributed by atoms with Crippen molar-refractivity contribution in [3.05, 3.63) is 42.2 Å². The zero-order valence-electron chi connectivity index (χ0n) is 10.5. The van der Waals surface area contributed by atoms with Gasteiger partial charge >= 0.3 is 0 Å². The topological polar surface area (TPSA) is 80.9 Å². The van der Waals surface area contributed by atoms with Crippen LogP contribution < -0.4 is 11.1 Å². The number of para-hydroxylation sites is 1. The number of aryl methyl sites for hydroxylation is 1. The maximum Gasteiger partial charge on any atom is 0.234 e. The standard InChI is InChI=1S/C13H14N4OS/c1-9-4-2-5-10(14)12(9)17-11(18)8-19-13-15-6-3-7-16-13/h2-7H,8,14H2,1H3,(H,17,18). The maximum absolute atomic E-state index is 11.8. The predicted molar refractivity (Wildman–Crippen MR) is 77.0 cm³/mol. The van der Waals surface area contributed by atoms with Crippen molar-refractivity contribution in [2.75, 3.05) is 16.8 Å². The molecule has 0 radical (unpaired) electrons. The highest BCUT2D eigenvalue weighted by atomic mass is 32.2. The molecular formula is C13H14N4OS. The number of nitrogens with zero attached hydrogens (tertiary/aromatic N) is 2. The number of nitrogens with one attached hydrogen (secondary N) is 1. The summed E-state index contributed by atoms with van der Waals surface area (Å²) < 4.78 is 0. The Balaban J connectivity index is 1.95. The van der Waals surface area contributed by atoms with Crippen LogP contribution >= 0.6 is 11.8 Å². The Morgan fingerprint density at radius 3 is 2.74 bits per heavy atom. The smallest absolute Gasteiger partial charge is 0.234 e. The molecule has 1 aromatic heterocycles. The molecule has 1 heterocycles. The van der Waals surface area contributed by atoms with E-state index in [1.807, 2.05) is 19.1 Å². The molecule has 1 amide bonds. The number of hydrogen-bond donors (Lipinski definition) is 2. The van der Waals surface area contributed by atoms with Crippen molar-refractivity contribution in [3.63, 3.8) is 0 Å². The largest absolute Gasteiger partial charge is 0.397 e. The number of carbonyl (C=O) groups is 1. The molecule has 0 bridgehead atoms. The van der Waals surface area contributed by atoms with E-state index < -0.39 is 0 Å². The second-order valence-electron chi connectivity index (χ2n) is 3.91. The van der Waals surface area contributed by atoms with E-state index in [1.165, 1.54) is 11.8 Å². The van der Waals surface area contributed by atoms with Crippen LogP contribution in [0.1, 0.15) is 5.56 Å². The molecule has 0 spiro atoms. The highest BCUT2D eigenvalue weighted by Gasteiger charge is 2.08. The van der Waals surface area contributed by atoms with Crippen LogP contribution in [-0.4, -0.2) is 21.6 Å². The molecule has 0 atom stereocenters. The molecule has 0 saturated heterocycles. The van der Waals surface area contributed by atoms with Crippen molar-refractivity contribution >= 4 is 29.0 Å². The van der Waals surface area contributed by atoms with E-state index >= 15 is 0 Å². The third kappa shape index (κ3) is 3.69. The number of anilines is 2. The van der Waals surface area contributed by atoms with Gasteiger partial charge in [0.25, 0.3) is 0 Å². The summed E-state index contributed by atoms with van der Waals surface area (Å²) in [5.41, 5.74) is 8.00. The Hall–Kier alpha value is -2.08. The predicted octanol–water partition coefficient (Wildman–Crippen LogP) is 2.10. The molecule has 6 heteroatoms. The van der Waals surface area contributed by atoms with Crippen LogP contribution in [0, 0.1) is 6.92 Å². The molecule has 0 aliphatic rings. The van der Waals surface area contributed by atoms with Gasteiger partial charge in [-0.25, -0.2) is 9.97 Å². The number of aromatic nitrogens is 2. The number of nitrogen functional groups attached to an aromatic ring is 1. The lowest BCUT2D eigenvalue weighted by atomic mass is 10.1. The summed E-state index contributed by atoms with van der Waals surface area (Å²) in [6, 6.07) is 7.25. The summed E-state index contributed by atoms with van der Waals surface area (Å²) >= 11 is 1.28. The Bertz CT molecular complexity index is 554. The Kier molecular flexibility index (Phi) is 4.35. The fourth-order valence-corrected chi connectivity index (χ4v) is 2.13. The van der Waals surface area contributed by atoms with Gasteiger partial charge in [0.2, 0.25) is 5.91 Å². The second kappa shape index (κ2) is 6.19. The number of thioether (sulfide) groups is 1. The van der Waals surface area contributed by atoms with E-state index in [9.17, 15) is 4.79 Å². The van der Waals surface area contributed by atoms with Gasteiger partial charge in [-0.05, 0) is 24.6 Å². The van der Waals surface area contributed by atoms with Gasteiger partial charge < -0.3 is 11.1 Å². The first-order valence-electron chi connectivity index (χ1n) is 5.71. The molecule has 0 aliphatic heterocycles. The SMILES string of the molecule is Cc1cccc(N)c1NC(=O)CSc1ncccn1. The lowest BCUT2D eigenvalue weighted by Gasteiger charge is -2.10. The molecule has 1 aromatic carbocycles. The summed E-state index contributed by atoms with van der Waals surface area (Å²) in [6.45, 7) is 1.90. The van der Waals surface area contributed by atoms with E-state index in [0.29, 0.717) is 16.5 Å². The number of amides is 1. The average Bonchev–Trinajstić information content (AvgIpc) is 2.42. The first kappa shape index (κ1) is 13.4. The van der Waals surface area contributed by atoms with Gasteiger partial charge in [0, 0.05) is 12.4 Å². The van der Waals surface area contributed by atoms with E-state index in [-0.39, 0.29) is 11.7 Å². The maximum atomic E-state index is 11.8. The molecule has 0 saturated carbocycles. The van der Waals surface area contributed by atoms with Crippen LogP contribution in [0.2, 0.25) is 0 Å². The van der Waals surface area contributed by atoms with Gasteiger partial charge in [-0.2, -0.15) is 0 Å². The minimum Gasteiger partial charge on any atom is -0.397 e. The van der Waals surface area contributed by atoms with Crippen molar-refractivity contribution < 1.29 is 4.79 Å². The van der Waals surface area contributed by atoms with Crippen molar-refractivity contribution in [2.45, 2.75) is 12.1 Å². The molecule has 2 rings (SSSR count). The normalized spacial score (nSPS) is 10.2. The van der Waals surface area contributed by atoms with Crippen LogP contribution in [0.3, 0.4) is 0 Å². The van der Waals surface area contributed by atoms with E-state index in [1.54, 1.807) is 24.5 Å². The van der Waals surface area contributed by atoms with Crippen LogP contribution in [0.25, 0.3) is 0 Å². The van der Waals surface area contributed by atoms with Crippen LogP contribution in [-0.2, 0) is 4.79 Å². The summed E-state index contributed by atoms with van der Waals surface area (Å²) in [7, 11) is 0. The minimum absolute atomic E-state index is 0.126. The Morgan fingerprint density at radius 1 is 1.32 bits per heavy atom. The molecule has 0 fully saturated rings. The highest BCUT2D eigenvalue weighted by molar-refractivity contribution is 7.99. The first-order valence-corrected chi connectivity index (χ1v) is 6.70. The van der Waals surface area contributed by atoms with E-state index in [2.05, 4.69) is 15.3 Å². The van der Waals surface area contributed by atoms with Gasteiger partial charge in [-0.1, -0.05) is 23.9 Å². The molecule has 0 aliphatic carbocycles. The third-order valence-corrected chi connectivity index (χ3v) is 3.32. The second-order valence-corrected chi connectivity index (χ2v) is 4.85. The molecule has 19 heavy (non-hydrogen) atoms. The zero-order valence-corrected chi connectivity index (χ0v) is 11.3. The average molecular weight is 274 g/mol. The highest BCUT2D eigenvalue weighted by Crippen LogP contribution is 2.23. The fraction of sp³-hybridized carbons (Fsp3) is 0.154. The van der Waals surface area contributed by atoms with Crippen LogP contribution in [0.4, 0.5) is 11.4 Å². The molecule has 98 valence electrons. The number of carbonyl (C=O) groups excluding carboxylic acids is 1. The molecular weight excluding hydrogens is 260 g/mol. The van der Waals surface area contributed by atoms with Gasteiger partial charge in [-0.3, -0.25) is 4.79 Å². The van der Waals surface area contributed by atoms with Crippen LogP contribution in [0.5, 0.6) is 0 Å². The Labute approximate surface area is 115 Å². The first-order chi connectivity index (χ1) is 9.16. The quantitative estimate of drug-likeness (QED) is 0.507. The molecule has 2 aromatic rings. The number of nitrogens with two attached hydrogens (primary N) is 1. The number of rotatable bonds is 4. The summed E-state index contributed by atoms with van der Waals surface area (Å²) in [4.78, 5) is 19.9. The summed E-state index contributed by atoms with van der Waals surface area (Å²) in [5, 5.41) is 3.39. The van der Waals surface area contributed by atoms with Crippen molar-refractivity contribution in [3.8, 4) is 0 Å². The lowest BCUT2D eigenvalue weighted by molar-refractivity contribution is -0.113. The van der Waals surface area contributed by atoms with Crippen molar-refractivity contribution in [1.29, 1.82) is 0 Å². The monoisotopic (exact) mass is 274 g/mol. The molecule has 3 N–H and O–H groups in total. The number of hydrogen-bond acceptors (Lipinski definition) is 5. The van der Waals surface area contributed by atoms with Crippen molar-refractivity contribution in [1.82, 2.24) is 9.97 Å².